The van der Waals surface area contributed by atoms with Gasteiger partial charge in [0.1, 0.15) is 5.82 Å². The first-order chi connectivity index (χ1) is 17.6. The number of aromatic nitrogens is 3. The molecule has 12 heteroatoms. The highest BCUT2D eigenvalue weighted by atomic mass is 32.2. The molecule has 1 fully saturated rings. The van der Waals surface area contributed by atoms with Crippen LogP contribution in [-0.2, 0) is 12.4 Å². The highest BCUT2D eigenvalue weighted by Gasteiger charge is 2.34. The van der Waals surface area contributed by atoms with Crippen molar-refractivity contribution in [2.75, 3.05) is 34.8 Å². The summed E-state index contributed by atoms with van der Waals surface area (Å²) >= 11 is 1.79. The van der Waals surface area contributed by atoms with Gasteiger partial charge in [-0.2, -0.15) is 43.1 Å². The van der Waals surface area contributed by atoms with Gasteiger partial charge in [-0.1, -0.05) is 6.07 Å². The zero-order valence-electron chi connectivity index (χ0n) is 19.1. The van der Waals surface area contributed by atoms with Crippen molar-refractivity contribution in [3.05, 3.63) is 71.9 Å². The predicted molar refractivity (Wildman–Crippen MR) is 132 cm³/mol. The Balaban J connectivity index is 1.60. The number of anilines is 3. The molecule has 1 aliphatic rings. The summed E-state index contributed by atoms with van der Waals surface area (Å²) in [7, 11) is 0. The molecule has 3 heterocycles. The van der Waals surface area contributed by atoms with Gasteiger partial charge in [-0.05, 0) is 48.5 Å². The number of pyridine rings is 1. The summed E-state index contributed by atoms with van der Waals surface area (Å²) < 4.78 is 79.7. The van der Waals surface area contributed by atoms with Gasteiger partial charge in [0, 0.05) is 47.4 Å². The van der Waals surface area contributed by atoms with E-state index in [1.165, 1.54) is 36.5 Å². The Morgan fingerprint density at radius 2 is 1.57 bits per heavy atom. The molecule has 192 valence electrons. The maximum atomic E-state index is 13.6. The fraction of sp³-hybridized carbons (Fsp3) is 0.240. The molecule has 0 amide bonds. The molecule has 1 saturated heterocycles. The minimum atomic E-state index is -4.59. The lowest BCUT2D eigenvalue weighted by Crippen LogP contribution is -2.33. The monoisotopic (exact) mass is 535 g/mol. The standard InChI is InChI=1S/C25H19F6N5S/c26-24(27,28)16-4-6-17(7-5-16)33-22-18-8-3-15(21-19(25(29,30)31)2-1-9-32-21)14-20(18)34-23(35-22)36-10-12-37-13-11-36/h1-9,14H,10-13H2,(H,33,34,35). The topological polar surface area (TPSA) is 53.9 Å². The number of rotatable bonds is 4. The Morgan fingerprint density at radius 3 is 2.24 bits per heavy atom. The molecule has 2 aromatic heterocycles. The third-order valence-corrected chi connectivity index (χ3v) is 6.78. The van der Waals surface area contributed by atoms with Crippen LogP contribution in [0.5, 0.6) is 0 Å². The molecule has 0 saturated carbocycles. The molecular weight excluding hydrogens is 516 g/mol. The van der Waals surface area contributed by atoms with E-state index in [9.17, 15) is 26.3 Å². The van der Waals surface area contributed by atoms with Crippen molar-refractivity contribution in [1.29, 1.82) is 0 Å². The van der Waals surface area contributed by atoms with E-state index in [0.717, 1.165) is 29.7 Å². The van der Waals surface area contributed by atoms with Crippen LogP contribution in [0.4, 0.5) is 43.8 Å². The first-order valence-electron chi connectivity index (χ1n) is 11.2. The molecule has 0 aliphatic carbocycles. The molecule has 37 heavy (non-hydrogen) atoms. The molecule has 1 aliphatic heterocycles. The molecule has 5 nitrogen and oxygen atoms in total. The van der Waals surface area contributed by atoms with Crippen LogP contribution < -0.4 is 10.2 Å². The molecular formula is C25H19F6N5S. The molecule has 1 N–H and O–H groups in total. The van der Waals surface area contributed by atoms with E-state index in [-0.39, 0.29) is 11.3 Å². The van der Waals surface area contributed by atoms with E-state index in [4.69, 9.17) is 0 Å². The van der Waals surface area contributed by atoms with E-state index in [2.05, 4.69) is 20.3 Å². The normalized spacial score (nSPS) is 14.7. The van der Waals surface area contributed by atoms with Crippen LogP contribution >= 0.6 is 11.8 Å². The van der Waals surface area contributed by atoms with E-state index in [0.29, 0.717) is 41.4 Å². The Labute approximate surface area is 211 Å². The van der Waals surface area contributed by atoms with Gasteiger partial charge >= 0.3 is 12.4 Å². The molecule has 0 radical (unpaired) electrons. The minimum Gasteiger partial charge on any atom is -0.340 e. The summed E-state index contributed by atoms with van der Waals surface area (Å²) in [6, 6.07) is 11.3. The van der Waals surface area contributed by atoms with Crippen molar-refractivity contribution >= 4 is 40.1 Å². The molecule has 2 aromatic carbocycles. The maximum Gasteiger partial charge on any atom is 0.418 e. The predicted octanol–water partition coefficient (Wildman–Crippen LogP) is 7.03. The van der Waals surface area contributed by atoms with Crippen molar-refractivity contribution in [1.82, 2.24) is 15.0 Å². The number of nitrogens with one attached hydrogen (secondary N) is 1. The molecule has 0 spiro atoms. The minimum absolute atomic E-state index is 0.219. The highest BCUT2D eigenvalue weighted by molar-refractivity contribution is 7.99. The van der Waals surface area contributed by atoms with Gasteiger partial charge < -0.3 is 10.2 Å². The van der Waals surface area contributed by atoms with Gasteiger partial charge in [0.05, 0.1) is 22.3 Å². The smallest absolute Gasteiger partial charge is 0.340 e. The number of nitrogens with zero attached hydrogens (tertiary/aromatic N) is 4. The van der Waals surface area contributed by atoms with Crippen LogP contribution in [0.25, 0.3) is 22.2 Å². The van der Waals surface area contributed by atoms with Crippen molar-refractivity contribution in [3.63, 3.8) is 0 Å². The number of alkyl halides is 6. The maximum absolute atomic E-state index is 13.6. The van der Waals surface area contributed by atoms with Crippen molar-refractivity contribution < 1.29 is 26.3 Å². The fourth-order valence-corrected chi connectivity index (χ4v) is 4.91. The summed E-state index contributed by atoms with van der Waals surface area (Å²) in [6.07, 6.45) is -7.75. The summed E-state index contributed by atoms with van der Waals surface area (Å²) in [5.41, 5.74) is -0.865. The number of hydrogen-bond donors (Lipinski definition) is 1. The van der Waals surface area contributed by atoms with Crippen LogP contribution in [0, 0.1) is 0 Å². The fourth-order valence-electron chi connectivity index (χ4n) is 4.01. The summed E-state index contributed by atoms with van der Waals surface area (Å²) in [6.45, 7) is 1.38. The lowest BCUT2D eigenvalue weighted by Gasteiger charge is -2.27. The average Bonchev–Trinajstić information content (AvgIpc) is 2.88. The van der Waals surface area contributed by atoms with Crippen molar-refractivity contribution in [2.45, 2.75) is 12.4 Å². The molecule has 0 bridgehead atoms. The van der Waals surface area contributed by atoms with Gasteiger partial charge in [0.25, 0.3) is 0 Å². The number of halogens is 6. The van der Waals surface area contributed by atoms with Crippen LogP contribution in [-0.4, -0.2) is 39.5 Å². The quantitative estimate of drug-likeness (QED) is 0.283. The lowest BCUT2D eigenvalue weighted by atomic mass is 10.0. The van der Waals surface area contributed by atoms with Crippen LogP contribution in [0.15, 0.2) is 60.8 Å². The first-order valence-corrected chi connectivity index (χ1v) is 12.4. The van der Waals surface area contributed by atoms with Crippen LogP contribution in [0.1, 0.15) is 11.1 Å². The van der Waals surface area contributed by atoms with Gasteiger partial charge in [-0.3, -0.25) is 4.98 Å². The molecule has 0 unspecified atom stereocenters. The largest absolute Gasteiger partial charge is 0.418 e. The van der Waals surface area contributed by atoms with Gasteiger partial charge in [-0.25, -0.2) is 4.98 Å². The molecule has 5 rings (SSSR count). The van der Waals surface area contributed by atoms with Crippen LogP contribution in [0.2, 0.25) is 0 Å². The number of hydrogen-bond acceptors (Lipinski definition) is 6. The van der Waals surface area contributed by atoms with Crippen LogP contribution in [0.3, 0.4) is 0 Å². The van der Waals surface area contributed by atoms with E-state index >= 15 is 0 Å². The third-order valence-electron chi connectivity index (χ3n) is 5.84. The molecule has 4 aromatic rings. The second kappa shape index (κ2) is 9.73. The zero-order chi connectivity index (χ0) is 26.2. The van der Waals surface area contributed by atoms with E-state index < -0.39 is 23.5 Å². The number of benzene rings is 2. The number of fused-ring (bicyclic) bond motifs is 1. The van der Waals surface area contributed by atoms with E-state index in [1.54, 1.807) is 17.8 Å². The summed E-state index contributed by atoms with van der Waals surface area (Å²) in [5.74, 6) is 2.45. The third kappa shape index (κ3) is 5.43. The average molecular weight is 536 g/mol. The zero-order valence-corrected chi connectivity index (χ0v) is 19.9. The van der Waals surface area contributed by atoms with E-state index in [1.807, 2.05) is 4.90 Å². The first kappa shape index (κ1) is 25.1. The van der Waals surface area contributed by atoms with Crippen molar-refractivity contribution in [3.8, 4) is 11.3 Å². The summed E-state index contributed by atoms with van der Waals surface area (Å²) in [5, 5.41) is 3.56. The Bertz CT molecular complexity index is 1420. The lowest BCUT2D eigenvalue weighted by molar-refractivity contribution is -0.138. The highest BCUT2D eigenvalue weighted by Crippen LogP contribution is 2.38. The Kier molecular flexibility index (Phi) is 6.61. The van der Waals surface area contributed by atoms with Gasteiger partial charge in [0.2, 0.25) is 5.95 Å². The number of thioether (sulfide) groups is 1. The van der Waals surface area contributed by atoms with Gasteiger partial charge in [0.15, 0.2) is 0 Å². The Hall–Kier alpha value is -3.54. The Morgan fingerprint density at radius 1 is 0.838 bits per heavy atom. The summed E-state index contributed by atoms with van der Waals surface area (Å²) in [4.78, 5) is 15.2. The van der Waals surface area contributed by atoms with Gasteiger partial charge in [-0.15, -0.1) is 0 Å². The second-order valence-electron chi connectivity index (χ2n) is 8.30. The second-order valence-corrected chi connectivity index (χ2v) is 9.53. The SMILES string of the molecule is FC(F)(F)c1ccc(Nc2nc(N3CCSCC3)nc3cc(-c4ncccc4C(F)(F)F)ccc23)cc1. The molecule has 0 atom stereocenters. The van der Waals surface area contributed by atoms with Crippen molar-refractivity contribution in [2.24, 2.45) is 0 Å².